The maximum atomic E-state index is 11.4. The molecule has 6 heteroatoms. The molecular formula is C9H18N4O2. The minimum Gasteiger partial charge on any atom is -0.390 e. The lowest BCUT2D eigenvalue weighted by molar-refractivity contribution is 0.142. The van der Waals surface area contributed by atoms with Crippen molar-refractivity contribution in [1.29, 1.82) is 0 Å². The van der Waals surface area contributed by atoms with Crippen LogP contribution in [0.3, 0.4) is 0 Å². The van der Waals surface area contributed by atoms with Crippen LogP contribution in [0.2, 0.25) is 0 Å². The Labute approximate surface area is 88.5 Å². The Morgan fingerprint density at radius 2 is 2.27 bits per heavy atom. The summed E-state index contributed by atoms with van der Waals surface area (Å²) in [5.74, 6) is 0. The molecule has 0 spiro atoms. The van der Waals surface area contributed by atoms with Crippen molar-refractivity contribution in [2.45, 2.75) is 32.5 Å². The largest absolute Gasteiger partial charge is 0.390 e. The zero-order valence-corrected chi connectivity index (χ0v) is 9.34. The van der Waals surface area contributed by atoms with E-state index >= 15 is 0 Å². The zero-order valence-electron chi connectivity index (χ0n) is 9.34. The van der Waals surface area contributed by atoms with Crippen LogP contribution in [0.1, 0.15) is 13.8 Å². The van der Waals surface area contributed by atoms with Gasteiger partial charge in [-0.25, -0.2) is 9.48 Å². The highest BCUT2D eigenvalue weighted by atomic mass is 16.3. The molecule has 1 aromatic rings. The number of nitrogens with zero attached hydrogens (tertiary/aromatic N) is 3. The van der Waals surface area contributed by atoms with Crippen LogP contribution in [0.15, 0.2) is 11.1 Å². The molecule has 0 amide bonds. The van der Waals surface area contributed by atoms with Gasteiger partial charge < -0.3 is 10.4 Å². The Morgan fingerprint density at radius 1 is 1.60 bits per heavy atom. The standard InChI is InChI=1S/C9H18N4O2/c1-7(2)10-4-8(14)5-13-9(15)12(3)6-11-13/h6-8,10,14H,4-5H2,1-3H3. The van der Waals surface area contributed by atoms with Gasteiger partial charge in [-0.3, -0.25) is 4.57 Å². The van der Waals surface area contributed by atoms with Crippen molar-refractivity contribution in [2.24, 2.45) is 7.05 Å². The van der Waals surface area contributed by atoms with Crippen LogP contribution in [0.25, 0.3) is 0 Å². The Balaban J connectivity index is 2.48. The summed E-state index contributed by atoms with van der Waals surface area (Å²) in [5, 5.41) is 16.6. The quantitative estimate of drug-likeness (QED) is 0.655. The second-order valence-electron chi connectivity index (χ2n) is 3.92. The molecule has 1 aromatic heterocycles. The average molecular weight is 214 g/mol. The van der Waals surface area contributed by atoms with Crippen LogP contribution < -0.4 is 11.0 Å². The van der Waals surface area contributed by atoms with Gasteiger partial charge in [0.2, 0.25) is 0 Å². The van der Waals surface area contributed by atoms with Crippen LogP contribution >= 0.6 is 0 Å². The lowest BCUT2D eigenvalue weighted by atomic mass is 10.3. The maximum absolute atomic E-state index is 11.4. The first-order chi connectivity index (χ1) is 7.00. The van der Waals surface area contributed by atoms with E-state index in [2.05, 4.69) is 10.4 Å². The van der Waals surface area contributed by atoms with E-state index in [1.165, 1.54) is 15.6 Å². The normalized spacial score (nSPS) is 13.4. The number of hydrogen-bond donors (Lipinski definition) is 2. The molecule has 86 valence electrons. The highest BCUT2D eigenvalue weighted by molar-refractivity contribution is 4.69. The SMILES string of the molecule is CC(C)NCC(O)Cn1ncn(C)c1=O. The molecule has 0 aliphatic heterocycles. The third kappa shape index (κ3) is 3.49. The number of rotatable bonds is 5. The van der Waals surface area contributed by atoms with Gasteiger partial charge in [-0.1, -0.05) is 13.8 Å². The molecule has 15 heavy (non-hydrogen) atoms. The Kier molecular flexibility index (Phi) is 4.05. The monoisotopic (exact) mass is 214 g/mol. The molecule has 0 saturated heterocycles. The minimum atomic E-state index is -0.597. The number of aliphatic hydroxyl groups is 1. The second-order valence-corrected chi connectivity index (χ2v) is 3.92. The molecule has 0 saturated carbocycles. The van der Waals surface area contributed by atoms with Crippen LogP contribution in [0, 0.1) is 0 Å². The van der Waals surface area contributed by atoms with Crippen molar-refractivity contribution in [3.63, 3.8) is 0 Å². The minimum absolute atomic E-state index is 0.210. The third-order valence-electron chi connectivity index (χ3n) is 2.03. The Morgan fingerprint density at radius 3 is 2.73 bits per heavy atom. The number of aryl methyl sites for hydroxylation is 1. The van der Waals surface area contributed by atoms with Crippen molar-refractivity contribution in [2.75, 3.05) is 6.54 Å². The summed E-state index contributed by atoms with van der Waals surface area (Å²) in [6, 6.07) is 0.320. The lowest BCUT2D eigenvalue weighted by Crippen LogP contribution is -2.37. The van der Waals surface area contributed by atoms with Gasteiger partial charge in [-0.2, -0.15) is 5.10 Å². The predicted molar refractivity (Wildman–Crippen MR) is 56.6 cm³/mol. The molecule has 1 rings (SSSR count). The van der Waals surface area contributed by atoms with E-state index in [0.29, 0.717) is 12.6 Å². The fraction of sp³-hybridized carbons (Fsp3) is 0.778. The summed E-state index contributed by atoms with van der Waals surface area (Å²) in [5.41, 5.74) is -0.210. The summed E-state index contributed by atoms with van der Waals surface area (Å²) in [4.78, 5) is 11.4. The van der Waals surface area contributed by atoms with Crippen molar-refractivity contribution in [1.82, 2.24) is 19.7 Å². The average Bonchev–Trinajstić information content (AvgIpc) is 2.47. The summed E-state index contributed by atoms with van der Waals surface area (Å²) >= 11 is 0. The summed E-state index contributed by atoms with van der Waals surface area (Å²) < 4.78 is 2.63. The zero-order chi connectivity index (χ0) is 11.4. The fourth-order valence-electron chi connectivity index (χ4n) is 1.18. The molecule has 2 N–H and O–H groups in total. The van der Waals surface area contributed by atoms with E-state index in [0.717, 1.165) is 0 Å². The van der Waals surface area contributed by atoms with E-state index in [-0.39, 0.29) is 12.2 Å². The van der Waals surface area contributed by atoms with Gasteiger partial charge in [0.1, 0.15) is 6.33 Å². The van der Waals surface area contributed by atoms with Crippen molar-refractivity contribution in [3.05, 3.63) is 16.8 Å². The van der Waals surface area contributed by atoms with Crippen LogP contribution in [-0.4, -0.2) is 38.1 Å². The molecule has 0 aromatic carbocycles. The first kappa shape index (κ1) is 11.9. The second kappa shape index (κ2) is 5.09. The number of aromatic nitrogens is 3. The molecule has 1 unspecified atom stereocenters. The van der Waals surface area contributed by atoms with Gasteiger partial charge >= 0.3 is 5.69 Å². The van der Waals surface area contributed by atoms with Crippen molar-refractivity contribution in [3.8, 4) is 0 Å². The van der Waals surface area contributed by atoms with Crippen LogP contribution in [0.5, 0.6) is 0 Å². The Bertz CT molecular complexity index is 355. The molecule has 0 radical (unpaired) electrons. The molecule has 0 bridgehead atoms. The van der Waals surface area contributed by atoms with Gasteiger partial charge in [-0.15, -0.1) is 0 Å². The molecule has 1 atom stereocenters. The fourth-order valence-corrected chi connectivity index (χ4v) is 1.18. The lowest BCUT2D eigenvalue weighted by Gasteiger charge is -2.13. The summed E-state index contributed by atoms with van der Waals surface area (Å²) in [6.45, 7) is 4.68. The molecule has 0 fully saturated rings. The highest BCUT2D eigenvalue weighted by Gasteiger charge is 2.09. The number of aliphatic hydroxyl groups excluding tert-OH is 1. The van der Waals surface area contributed by atoms with Gasteiger partial charge in [-0.05, 0) is 0 Å². The van der Waals surface area contributed by atoms with Gasteiger partial charge in [0, 0.05) is 19.6 Å². The van der Waals surface area contributed by atoms with Gasteiger partial charge in [0.05, 0.1) is 12.6 Å². The van der Waals surface area contributed by atoms with Gasteiger partial charge in [0.25, 0.3) is 0 Å². The number of nitrogens with one attached hydrogen (secondary N) is 1. The molecule has 0 aliphatic rings. The topological polar surface area (TPSA) is 72.1 Å². The van der Waals surface area contributed by atoms with Crippen LogP contribution in [-0.2, 0) is 13.6 Å². The Hall–Kier alpha value is -1.14. The van der Waals surface area contributed by atoms with E-state index in [4.69, 9.17) is 0 Å². The van der Waals surface area contributed by atoms with Crippen molar-refractivity contribution < 1.29 is 5.11 Å². The molecular weight excluding hydrogens is 196 g/mol. The predicted octanol–water partition coefficient (Wildman–Crippen LogP) is -1.06. The van der Waals surface area contributed by atoms with E-state index in [1.54, 1.807) is 7.05 Å². The number of hydrogen-bond acceptors (Lipinski definition) is 4. The third-order valence-corrected chi connectivity index (χ3v) is 2.03. The smallest absolute Gasteiger partial charge is 0.345 e. The van der Waals surface area contributed by atoms with E-state index < -0.39 is 6.10 Å². The van der Waals surface area contributed by atoms with Gasteiger partial charge in [0.15, 0.2) is 0 Å². The van der Waals surface area contributed by atoms with Crippen molar-refractivity contribution >= 4 is 0 Å². The maximum Gasteiger partial charge on any atom is 0.345 e. The van der Waals surface area contributed by atoms with Crippen LogP contribution in [0.4, 0.5) is 0 Å². The van der Waals surface area contributed by atoms with E-state index in [9.17, 15) is 9.90 Å². The first-order valence-electron chi connectivity index (χ1n) is 5.00. The van der Waals surface area contributed by atoms with E-state index in [1.807, 2.05) is 13.8 Å². The highest BCUT2D eigenvalue weighted by Crippen LogP contribution is 1.87. The molecule has 1 heterocycles. The molecule has 6 nitrogen and oxygen atoms in total. The molecule has 0 aliphatic carbocycles. The summed E-state index contributed by atoms with van der Waals surface area (Å²) in [7, 11) is 1.63. The summed E-state index contributed by atoms with van der Waals surface area (Å²) in [6.07, 6.45) is 0.838. The first-order valence-corrected chi connectivity index (χ1v) is 5.00.